The highest BCUT2D eigenvalue weighted by molar-refractivity contribution is 5.91. The van der Waals surface area contributed by atoms with Crippen LogP contribution in [0.5, 0.6) is 0 Å². The average molecular weight is 274 g/mol. The Morgan fingerprint density at radius 3 is 2.55 bits per heavy atom. The van der Waals surface area contributed by atoms with E-state index in [9.17, 15) is 14.7 Å². The number of carbonyl (C=O) groups is 2. The maximum absolute atomic E-state index is 12.1. The van der Waals surface area contributed by atoms with Crippen molar-refractivity contribution in [2.75, 3.05) is 5.32 Å². The normalized spacial score (nSPS) is 16.9. The lowest BCUT2D eigenvalue weighted by Crippen LogP contribution is -2.33. The molecular formula is C16H20NO3-. The van der Waals surface area contributed by atoms with Gasteiger partial charge in [-0.15, -0.1) is 0 Å². The van der Waals surface area contributed by atoms with E-state index < -0.39 is 11.4 Å². The summed E-state index contributed by atoms with van der Waals surface area (Å²) in [6.45, 7) is 1.96. The molecule has 4 nitrogen and oxygen atoms in total. The highest BCUT2D eigenvalue weighted by Gasteiger charge is 2.35. The first kappa shape index (κ1) is 14.6. The molecule has 1 saturated carbocycles. The zero-order chi connectivity index (χ0) is 14.6. The van der Waals surface area contributed by atoms with Crippen LogP contribution in [0.3, 0.4) is 0 Å². The van der Waals surface area contributed by atoms with Crippen molar-refractivity contribution in [3.63, 3.8) is 0 Å². The number of aryl methyl sites for hydroxylation is 1. The molecule has 0 saturated heterocycles. The fraction of sp³-hybridized carbons (Fsp3) is 0.500. The molecular weight excluding hydrogens is 254 g/mol. The van der Waals surface area contributed by atoms with Gasteiger partial charge in [0.1, 0.15) is 0 Å². The van der Waals surface area contributed by atoms with Crippen molar-refractivity contribution in [3.8, 4) is 0 Å². The lowest BCUT2D eigenvalue weighted by atomic mass is 9.79. The van der Waals surface area contributed by atoms with E-state index in [1.807, 2.05) is 31.2 Å². The van der Waals surface area contributed by atoms with Gasteiger partial charge in [-0.25, -0.2) is 0 Å². The van der Waals surface area contributed by atoms with Crippen molar-refractivity contribution in [1.29, 1.82) is 0 Å². The van der Waals surface area contributed by atoms with Crippen molar-refractivity contribution in [2.24, 2.45) is 5.41 Å². The molecule has 0 radical (unpaired) electrons. The molecule has 1 N–H and O–H groups in total. The molecule has 0 bridgehead atoms. The van der Waals surface area contributed by atoms with E-state index >= 15 is 0 Å². The van der Waals surface area contributed by atoms with E-state index in [4.69, 9.17) is 0 Å². The number of nitrogens with one attached hydrogen (secondary N) is 1. The first-order valence-corrected chi connectivity index (χ1v) is 7.06. The average Bonchev–Trinajstić information content (AvgIpc) is 2.75. The number of carboxylic acids is 1. The molecule has 1 aliphatic rings. The van der Waals surface area contributed by atoms with Crippen LogP contribution in [-0.4, -0.2) is 11.9 Å². The Bertz CT molecular complexity index is 504. The standard InChI is InChI=1S/C16H21NO3/c1-12-5-4-6-13(9-12)17-14(18)10-16(11-15(19)20)7-2-3-8-16/h4-6,9H,2-3,7-8,10-11H2,1H3,(H,17,18)(H,19,20)/p-1. The third-order valence-corrected chi connectivity index (χ3v) is 4.02. The summed E-state index contributed by atoms with van der Waals surface area (Å²) in [5.41, 5.74) is 1.43. The van der Waals surface area contributed by atoms with Crippen LogP contribution in [0.1, 0.15) is 44.1 Å². The van der Waals surface area contributed by atoms with Gasteiger partial charge in [-0.1, -0.05) is 25.0 Å². The monoisotopic (exact) mass is 274 g/mol. The van der Waals surface area contributed by atoms with Crippen LogP contribution < -0.4 is 10.4 Å². The predicted octanol–water partition coefficient (Wildman–Crippen LogP) is 2.02. The Labute approximate surface area is 119 Å². The molecule has 1 aliphatic carbocycles. The number of benzene rings is 1. The van der Waals surface area contributed by atoms with Crippen molar-refractivity contribution in [2.45, 2.75) is 45.4 Å². The largest absolute Gasteiger partial charge is 0.550 e. The summed E-state index contributed by atoms with van der Waals surface area (Å²) in [5.74, 6) is -1.17. The number of hydrogen-bond donors (Lipinski definition) is 1. The van der Waals surface area contributed by atoms with E-state index in [1.54, 1.807) is 0 Å². The zero-order valence-electron chi connectivity index (χ0n) is 11.8. The van der Waals surface area contributed by atoms with Gasteiger partial charge in [0.25, 0.3) is 0 Å². The maximum Gasteiger partial charge on any atom is 0.224 e. The van der Waals surface area contributed by atoms with Crippen LogP contribution in [0.2, 0.25) is 0 Å². The molecule has 0 aliphatic heterocycles. The van der Waals surface area contributed by atoms with Crippen molar-refractivity contribution in [3.05, 3.63) is 29.8 Å². The lowest BCUT2D eigenvalue weighted by Gasteiger charge is -2.28. The first-order chi connectivity index (χ1) is 9.49. The predicted molar refractivity (Wildman–Crippen MR) is 75.0 cm³/mol. The molecule has 0 spiro atoms. The van der Waals surface area contributed by atoms with E-state index in [0.29, 0.717) is 0 Å². The number of carboxylic acid groups (broad SMARTS) is 1. The summed E-state index contributed by atoms with van der Waals surface area (Å²) in [5, 5.41) is 13.8. The van der Waals surface area contributed by atoms with Crippen molar-refractivity contribution in [1.82, 2.24) is 0 Å². The van der Waals surface area contributed by atoms with Gasteiger partial charge in [0.2, 0.25) is 5.91 Å². The second kappa shape index (κ2) is 6.07. The Kier molecular flexibility index (Phi) is 4.42. The smallest absolute Gasteiger partial charge is 0.224 e. The molecule has 20 heavy (non-hydrogen) atoms. The number of hydrogen-bond acceptors (Lipinski definition) is 3. The third kappa shape index (κ3) is 3.83. The second-order valence-electron chi connectivity index (χ2n) is 5.85. The van der Waals surface area contributed by atoms with Gasteiger partial charge in [0, 0.05) is 18.1 Å². The lowest BCUT2D eigenvalue weighted by molar-refractivity contribution is -0.308. The minimum Gasteiger partial charge on any atom is -0.550 e. The van der Waals surface area contributed by atoms with Crippen LogP contribution in [0.4, 0.5) is 5.69 Å². The van der Waals surface area contributed by atoms with Gasteiger partial charge < -0.3 is 15.2 Å². The number of anilines is 1. The number of amides is 1. The molecule has 1 fully saturated rings. The molecule has 1 amide bonds. The van der Waals surface area contributed by atoms with E-state index in [-0.39, 0.29) is 18.7 Å². The molecule has 0 heterocycles. The first-order valence-electron chi connectivity index (χ1n) is 7.06. The molecule has 108 valence electrons. The van der Waals surface area contributed by atoms with Crippen LogP contribution in [0.15, 0.2) is 24.3 Å². The van der Waals surface area contributed by atoms with Crippen LogP contribution >= 0.6 is 0 Å². The third-order valence-electron chi connectivity index (χ3n) is 4.02. The highest BCUT2D eigenvalue weighted by atomic mass is 16.4. The van der Waals surface area contributed by atoms with E-state index in [0.717, 1.165) is 36.9 Å². The molecule has 4 heteroatoms. The molecule has 0 unspecified atom stereocenters. The van der Waals surface area contributed by atoms with Gasteiger partial charge in [-0.3, -0.25) is 4.79 Å². The van der Waals surface area contributed by atoms with Gasteiger partial charge in [0.05, 0.1) is 0 Å². The Balaban J connectivity index is 2.00. The quantitative estimate of drug-likeness (QED) is 0.893. The summed E-state index contributed by atoms with van der Waals surface area (Å²) in [4.78, 5) is 23.0. The van der Waals surface area contributed by atoms with E-state index in [2.05, 4.69) is 5.32 Å². The summed E-state index contributed by atoms with van der Waals surface area (Å²) in [7, 11) is 0. The topological polar surface area (TPSA) is 69.2 Å². The zero-order valence-corrected chi connectivity index (χ0v) is 11.8. The molecule has 1 aromatic rings. The van der Waals surface area contributed by atoms with Crippen molar-refractivity contribution < 1.29 is 14.7 Å². The van der Waals surface area contributed by atoms with Crippen molar-refractivity contribution >= 4 is 17.6 Å². The Morgan fingerprint density at radius 2 is 1.95 bits per heavy atom. The van der Waals surface area contributed by atoms with Gasteiger partial charge in [-0.2, -0.15) is 0 Å². The second-order valence-corrected chi connectivity index (χ2v) is 5.85. The summed E-state index contributed by atoms with van der Waals surface area (Å²) in [6.07, 6.45) is 3.81. The number of aliphatic carboxylic acids is 1. The molecule has 0 aromatic heterocycles. The molecule has 1 aromatic carbocycles. The minimum atomic E-state index is -1.06. The van der Waals surface area contributed by atoms with Crippen LogP contribution in [0, 0.1) is 12.3 Å². The van der Waals surface area contributed by atoms with Crippen LogP contribution in [0.25, 0.3) is 0 Å². The maximum atomic E-state index is 12.1. The summed E-state index contributed by atoms with van der Waals surface area (Å²) < 4.78 is 0. The summed E-state index contributed by atoms with van der Waals surface area (Å²) in [6, 6.07) is 7.59. The minimum absolute atomic E-state index is 0.0196. The summed E-state index contributed by atoms with van der Waals surface area (Å²) >= 11 is 0. The number of carbonyl (C=O) groups excluding carboxylic acids is 2. The fourth-order valence-corrected chi connectivity index (χ4v) is 3.12. The fourth-order valence-electron chi connectivity index (χ4n) is 3.12. The SMILES string of the molecule is Cc1cccc(NC(=O)CC2(CC(=O)[O-])CCCC2)c1. The Hall–Kier alpha value is -1.84. The Morgan fingerprint density at radius 1 is 1.25 bits per heavy atom. The van der Waals surface area contributed by atoms with Crippen LogP contribution in [-0.2, 0) is 9.59 Å². The van der Waals surface area contributed by atoms with E-state index in [1.165, 1.54) is 0 Å². The molecule has 2 rings (SSSR count). The van der Waals surface area contributed by atoms with Gasteiger partial charge in [0.15, 0.2) is 0 Å². The molecule has 0 atom stereocenters. The highest BCUT2D eigenvalue weighted by Crippen LogP contribution is 2.44. The van der Waals surface area contributed by atoms with Gasteiger partial charge in [-0.05, 0) is 49.3 Å². The number of rotatable bonds is 5. The van der Waals surface area contributed by atoms with Gasteiger partial charge >= 0.3 is 0 Å².